The van der Waals surface area contributed by atoms with Gasteiger partial charge in [-0.05, 0) is 12.8 Å². The first-order valence-electron chi connectivity index (χ1n) is 7.57. The number of aromatic nitrogens is 4. The summed E-state index contributed by atoms with van der Waals surface area (Å²) in [5, 5.41) is 3.32. The molecule has 0 saturated carbocycles. The number of hydrogen-bond donors (Lipinski definition) is 1. The predicted molar refractivity (Wildman–Crippen MR) is 86.9 cm³/mol. The van der Waals surface area contributed by atoms with Crippen LogP contribution < -0.4 is 20.5 Å². The van der Waals surface area contributed by atoms with Gasteiger partial charge in [-0.15, -0.1) is 0 Å². The molecule has 0 spiro atoms. The molecule has 3 heterocycles. The van der Waals surface area contributed by atoms with Crippen molar-refractivity contribution in [1.82, 2.24) is 19.5 Å². The van der Waals surface area contributed by atoms with Crippen molar-refractivity contribution in [3.8, 4) is 5.88 Å². The summed E-state index contributed by atoms with van der Waals surface area (Å²) in [6.07, 6.45) is 6.77. The van der Waals surface area contributed by atoms with E-state index in [1.54, 1.807) is 43.4 Å². The third-order valence-electron chi connectivity index (χ3n) is 3.97. The summed E-state index contributed by atoms with van der Waals surface area (Å²) in [7, 11) is 3.32. The summed E-state index contributed by atoms with van der Waals surface area (Å²) in [5.41, 5.74) is -0.0601. The van der Waals surface area contributed by atoms with Gasteiger partial charge < -0.3 is 19.5 Å². The van der Waals surface area contributed by atoms with E-state index in [9.17, 15) is 4.79 Å². The molecule has 0 bridgehead atoms. The fourth-order valence-electron chi connectivity index (χ4n) is 2.65. The highest BCUT2D eigenvalue weighted by atomic mass is 16.5. The third-order valence-corrected chi connectivity index (χ3v) is 3.97. The van der Waals surface area contributed by atoms with E-state index in [1.165, 1.54) is 0 Å². The lowest BCUT2D eigenvalue weighted by Crippen LogP contribution is -2.42. The maximum Gasteiger partial charge on any atom is 0.293 e. The summed E-state index contributed by atoms with van der Waals surface area (Å²) >= 11 is 0. The predicted octanol–water partition coefficient (Wildman–Crippen LogP) is 0.660. The van der Waals surface area contributed by atoms with E-state index in [1.807, 2.05) is 4.90 Å². The van der Waals surface area contributed by atoms with Gasteiger partial charge in [0.1, 0.15) is 0 Å². The lowest BCUT2D eigenvalue weighted by atomic mass is 10.1. The Balaban J connectivity index is 1.62. The summed E-state index contributed by atoms with van der Waals surface area (Å²) in [4.78, 5) is 26.8. The maximum absolute atomic E-state index is 12.1. The van der Waals surface area contributed by atoms with E-state index in [2.05, 4.69) is 20.3 Å². The molecule has 23 heavy (non-hydrogen) atoms. The first kappa shape index (κ1) is 15.3. The van der Waals surface area contributed by atoms with Gasteiger partial charge in [0.05, 0.1) is 7.11 Å². The van der Waals surface area contributed by atoms with E-state index in [-0.39, 0.29) is 11.6 Å². The summed E-state index contributed by atoms with van der Waals surface area (Å²) in [5.74, 6) is 1.62. The van der Waals surface area contributed by atoms with E-state index in [0.717, 1.165) is 25.9 Å². The molecule has 122 valence electrons. The van der Waals surface area contributed by atoms with Gasteiger partial charge in [-0.3, -0.25) is 4.79 Å². The number of anilines is 2. The summed E-state index contributed by atoms with van der Waals surface area (Å²) in [6.45, 7) is 1.54. The first-order valence-corrected chi connectivity index (χ1v) is 7.57. The molecule has 2 aromatic heterocycles. The SMILES string of the molecule is COc1ccnc(NC2CCN(c3nccn(C)c3=O)CC2)n1. The van der Waals surface area contributed by atoms with Crippen molar-refractivity contribution in [2.45, 2.75) is 18.9 Å². The van der Waals surface area contributed by atoms with Crippen LogP contribution in [0.15, 0.2) is 29.5 Å². The number of hydrogen-bond acceptors (Lipinski definition) is 7. The van der Waals surface area contributed by atoms with Crippen molar-refractivity contribution in [1.29, 1.82) is 0 Å². The van der Waals surface area contributed by atoms with Crippen LogP contribution >= 0.6 is 0 Å². The first-order chi connectivity index (χ1) is 11.2. The third kappa shape index (κ3) is 3.41. The number of nitrogens with one attached hydrogen (secondary N) is 1. The van der Waals surface area contributed by atoms with Gasteiger partial charge in [0.15, 0.2) is 5.82 Å². The highest BCUT2D eigenvalue weighted by Crippen LogP contribution is 2.18. The average molecular weight is 316 g/mol. The van der Waals surface area contributed by atoms with Crippen molar-refractivity contribution < 1.29 is 4.74 Å². The van der Waals surface area contributed by atoms with Crippen LogP contribution in [-0.2, 0) is 7.05 Å². The zero-order valence-corrected chi connectivity index (χ0v) is 13.3. The topological polar surface area (TPSA) is 85.2 Å². The highest BCUT2D eigenvalue weighted by molar-refractivity contribution is 5.37. The average Bonchev–Trinajstić information content (AvgIpc) is 2.58. The molecule has 1 aliphatic rings. The second-order valence-electron chi connectivity index (χ2n) is 5.50. The molecular formula is C15H20N6O2. The zero-order valence-electron chi connectivity index (χ0n) is 13.3. The number of aryl methyl sites for hydroxylation is 1. The van der Waals surface area contributed by atoms with Crippen LogP contribution in [0.25, 0.3) is 0 Å². The van der Waals surface area contributed by atoms with E-state index in [4.69, 9.17) is 4.74 Å². The molecule has 0 aromatic carbocycles. The molecular weight excluding hydrogens is 296 g/mol. The Labute approximate surface area is 134 Å². The highest BCUT2D eigenvalue weighted by Gasteiger charge is 2.22. The number of ether oxygens (including phenoxy) is 1. The minimum Gasteiger partial charge on any atom is -0.481 e. The van der Waals surface area contributed by atoms with Crippen molar-refractivity contribution in [2.75, 3.05) is 30.4 Å². The molecule has 0 aliphatic carbocycles. The Bertz CT molecular complexity index is 724. The van der Waals surface area contributed by atoms with Gasteiger partial charge in [-0.1, -0.05) is 0 Å². The summed E-state index contributed by atoms with van der Waals surface area (Å²) < 4.78 is 6.65. The molecule has 0 radical (unpaired) electrons. The molecule has 1 saturated heterocycles. The smallest absolute Gasteiger partial charge is 0.293 e. The second kappa shape index (κ2) is 6.64. The lowest BCUT2D eigenvalue weighted by molar-refractivity contribution is 0.397. The number of rotatable bonds is 4. The minimum atomic E-state index is -0.0601. The zero-order chi connectivity index (χ0) is 16.2. The molecule has 1 N–H and O–H groups in total. The van der Waals surface area contributed by atoms with Crippen LogP contribution in [0, 0.1) is 0 Å². The van der Waals surface area contributed by atoms with Crippen LogP contribution in [0.1, 0.15) is 12.8 Å². The number of methoxy groups -OCH3 is 1. The fourth-order valence-corrected chi connectivity index (χ4v) is 2.65. The minimum absolute atomic E-state index is 0.0601. The van der Waals surface area contributed by atoms with Crippen LogP contribution in [0.5, 0.6) is 5.88 Å². The summed E-state index contributed by atoms with van der Waals surface area (Å²) in [6, 6.07) is 1.98. The largest absolute Gasteiger partial charge is 0.481 e. The maximum atomic E-state index is 12.1. The van der Waals surface area contributed by atoms with Gasteiger partial charge in [0, 0.05) is 50.8 Å². The molecule has 8 heteroatoms. The van der Waals surface area contributed by atoms with Crippen molar-refractivity contribution >= 4 is 11.8 Å². The van der Waals surface area contributed by atoms with Crippen molar-refractivity contribution in [2.24, 2.45) is 7.05 Å². The molecule has 1 aliphatic heterocycles. The molecule has 2 aromatic rings. The van der Waals surface area contributed by atoms with E-state index in [0.29, 0.717) is 17.6 Å². The fraction of sp³-hybridized carbons (Fsp3) is 0.467. The Kier molecular flexibility index (Phi) is 4.40. The van der Waals surface area contributed by atoms with Crippen molar-refractivity contribution in [3.05, 3.63) is 35.0 Å². The van der Waals surface area contributed by atoms with E-state index >= 15 is 0 Å². The molecule has 0 unspecified atom stereocenters. The Morgan fingerprint density at radius 2 is 2.04 bits per heavy atom. The standard InChI is InChI=1S/C15H20N6O2/c1-20-10-7-16-13(14(20)22)21-8-4-11(5-9-21)18-15-17-6-3-12(19-15)23-2/h3,6-7,10-11H,4-5,8-9H2,1-2H3,(H,17,18,19). The van der Waals surface area contributed by atoms with Gasteiger partial charge in [0.2, 0.25) is 11.8 Å². The Morgan fingerprint density at radius 3 is 2.78 bits per heavy atom. The van der Waals surface area contributed by atoms with Gasteiger partial charge in [0.25, 0.3) is 5.56 Å². The number of piperidine rings is 1. The van der Waals surface area contributed by atoms with Crippen molar-refractivity contribution in [3.63, 3.8) is 0 Å². The Hall–Kier alpha value is -2.64. The normalized spacial score (nSPS) is 15.5. The van der Waals surface area contributed by atoms with E-state index < -0.39 is 0 Å². The quantitative estimate of drug-likeness (QED) is 0.887. The van der Waals surface area contributed by atoms with Crippen LogP contribution in [0.3, 0.4) is 0 Å². The van der Waals surface area contributed by atoms with Gasteiger partial charge in [-0.2, -0.15) is 4.98 Å². The molecule has 1 fully saturated rings. The van der Waals surface area contributed by atoms with Crippen LogP contribution in [0.4, 0.5) is 11.8 Å². The Morgan fingerprint density at radius 1 is 1.26 bits per heavy atom. The van der Waals surface area contributed by atoms with Crippen LogP contribution in [0.2, 0.25) is 0 Å². The lowest BCUT2D eigenvalue weighted by Gasteiger charge is -2.32. The molecule has 3 rings (SSSR count). The second-order valence-corrected chi connectivity index (χ2v) is 5.50. The molecule has 0 atom stereocenters. The monoisotopic (exact) mass is 316 g/mol. The van der Waals surface area contributed by atoms with Gasteiger partial charge >= 0.3 is 0 Å². The molecule has 0 amide bonds. The molecule has 8 nitrogen and oxygen atoms in total. The number of nitrogens with zero attached hydrogens (tertiary/aromatic N) is 5. The van der Waals surface area contributed by atoms with Crippen LogP contribution in [-0.4, -0.2) is 45.8 Å². The van der Waals surface area contributed by atoms with Gasteiger partial charge in [-0.25, -0.2) is 9.97 Å².